The SMILES string of the molecule is O=C(O)C1CCCN(c2nc(-c3cccc(O)c3)nc(N3CCc4ccccc4C3CO)n2)C1. The number of aliphatic hydroxyl groups is 1. The van der Waals surface area contributed by atoms with E-state index in [1.54, 1.807) is 18.2 Å². The molecule has 0 saturated carbocycles. The molecule has 2 aromatic carbocycles. The number of hydrogen-bond acceptors (Lipinski definition) is 8. The van der Waals surface area contributed by atoms with Crippen LogP contribution in [0.3, 0.4) is 0 Å². The van der Waals surface area contributed by atoms with Crippen LogP contribution in [0.15, 0.2) is 48.5 Å². The monoisotopic (exact) mass is 461 g/mol. The van der Waals surface area contributed by atoms with Crippen molar-refractivity contribution in [1.29, 1.82) is 0 Å². The van der Waals surface area contributed by atoms with Crippen molar-refractivity contribution in [3.05, 3.63) is 59.7 Å². The van der Waals surface area contributed by atoms with E-state index in [4.69, 9.17) is 9.97 Å². The van der Waals surface area contributed by atoms with Crippen LogP contribution in [-0.4, -0.2) is 62.5 Å². The number of aromatic hydroxyl groups is 1. The Labute approximate surface area is 197 Å². The van der Waals surface area contributed by atoms with E-state index in [1.807, 2.05) is 34.1 Å². The predicted molar refractivity (Wildman–Crippen MR) is 127 cm³/mol. The molecule has 1 aromatic heterocycles. The van der Waals surface area contributed by atoms with Crippen molar-refractivity contribution in [2.45, 2.75) is 25.3 Å². The van der Waals surface area contributed by atoms with Crippen molar-refractivity contribution in [3.8, 4) is 17.1 Å². The molecule has 2 aliphatic rings. The van der Waals surface area contributed by atoms with Gasteiger partial charge in [0, 0.05) is 25.2 Å². The van der Waals surface area contributed by atoms with E-state index in [-0.39, 0.29) is 18.4 Å². The smallest absolute Gasteiger partial charge is 0.308 e. The second-order valence-corrected chi connectivity index (χ2v) is 8.77. The number of aliphatic hydroxyl groups excluding tert-OH is 1. The van der Waals surface area contributed by atoms with E-state index in [9.17, 15) is 20.1 Å². The summed E-state index contributed by atoms with van der Waals surface area (Å²) in [7, 11) is 0. The zero-order valence-electron chi connectivity index (χ0n) is 18.7. The average molecular weight is 462 g/mol. The lowest BCUT2D eigenvalue weighted by Crippen LogP contribution is -2.41. The molecule has 3 heterocycles. The molecule has 1 fully saturated rings. The third kappa shape index (κ3) is 4.26. The van der Waals surface area contributed by atoms with Crippen LogP contribution in [0.25, 0.3) is 11.4 Å². The maximum Gasteiger partial charge on any atom is 0.308 e. The van der Waals surface area contributed by atoms with Crippen molar-refractivity contribution in [2.24, 2.45) is 5.92 Å². The number of rotatable bonds is 5. The predicted octanol–water partition coefficient (Wildman–Crippen LogP) is 2.64. The number of phenols is 1. The van der Waals surface area contributed by atoms with Gasteiger partial charge in [0.1, 0.15) is 5.75 Å². The quantitative estimate of drug-likeness (QED) is 0.526. The third-order valence-corrected chi connectivity index (χ3v) is 6.61. The Kier molecular flexibility index (Phi) is 6.02. The Balaban J connectivity index is 1.58. The highest BCUT2D eigenvalue weighted by Gasteiger charge is 2.31. The van der Waals surface area contributed by atoms with Gasteiger partial charge in [-0.15, -0.1) is 0 Å². The highest BCUT2D eigenvalue weighted by Crippen LogP contribution is 2.34. The minimum absolute atomic E-state index is 0.0930. The maximum atomic E-state index is 11.6. The molecule has 3 N–H and O–H groups in total. The van der Waals surface area contributed by atoms with Gasteiger partial charge in [0.2, 0.25) is 11.9 Å². The fourth-order valence-corrected chi connectivity index (χ4v) is 4.85. The van der Waals surface area contributed by atoms with Crippen LogP contribution in [0.4, 0.5) is 11.9 Å². The van der Waals surface area contributed by atoms with E-state index >= 15 is 0 Å². The fourth-order valence-electron chi connectivity index (χ4n) is 4.85. The number of benzene rings is 2. The minimum atomic E-state index is -0.819. The van der Waals surface area contributed by atoms with Gasteiger partial charge in [0.25, 0.3) is 0 Å². The standard InChI is InChI=1S/C25H27N5O4/c31-15-21-20-9-2-1-5-16(20)10-12-30(21)25-27-22(17-6-3-8-19(32)13-17)26-24(28-25)29-11-4-7-18(14-29)23(33)34/h1-3,5-6,8-9,13,18,21,31-32H,4,7,10-12,14-15H2,(H,33,34). The number of carboxylic acids is 1. The summed E-state index contributed by atoms with van der Waals surface area (Å²) in [5, 5.41) is 29.8. The Hall–Kier alpha value is -3.72. The summed E-state index contributed by atoms with van der Waals surface area (Å²) in [5.74, 6) is 0.0264. The molecule has 0 aliphatic carbocycles. The molecule has 9 nitrogen and oxygen atoms in total. The summed E-state index contributed by atoms with van der Waals surface area (Å²) >= 11 is 0. The van der Waals surface area contributed by atoms with Gasteiger partial charge in [-0.25, -0.2) is 0 Å². The van der Waals surface area contributed by atoms with Gasteiger partial charge >= 0.3 is 5.97 Å². The van der Waals surface area contributed by atoms with E-state index in [0.29, 0.717) is 49.3 Å². The summed E-state index contributed by atoms with van der Waals surface area (Å²) in [6.07, 6.45) is 2.15. The van der Waals surface area contributed by atoms with Gasteiger partial charge < -0.3 is 25.1 Å². The van der Waals surface area contributed by atoms with Crippen LogP contribution >= 0.6 is 0 Å². The molecular formula is C25H27N5O4. The van der Waals surface area contributed by atoms with Crippen molar-refractivity contribution in [2.75, 3.05) is 36.0 Å². The van der Waals surface area contributed by atoms with Gasteiger partial charge in [-0.05, 0) is 42.5 Å². The Morgan fingerprint density at radius 2 is 1.85 bits per heavy atom. The van der Waals surface area contributed by atoms with Crippen LogP contribution in [0, 0.1) is 5.92 Å². The molecule has 0 amide bonds. The molecule has 0 spiro atoms. The molecule has 2 unspecified atom stereocenters. The number of nitrogens with zero attached hydrogens (tertiary/aromatic N) is 5. The Morgan fingerprint density at radius 1 is 1.03 bits per heavy atom. The topological polar surface area (TPSA) is 123 Å². The van der Waals surface area contributed by atoms with Crippen LogP contribution < -0.4 is 9.80 Å². The minimum Gasteiger partial charge on any atom is -0.508 e. The highest BCUT2D eigenvalue weighted by atomic mass is 16.4. The zero-order valence-corrected chi connectivity index (χ0v) is 18.7. The number of aliphatic carboxylic acids is 1. The van der Waals surface area contributed by atoms with E-state index in [1.165, 1.54) is 5.56 Å². The van der Waals surface area contributed by atoms with Gasteiger partial charge in [-0.2, -0.15) is 15.0 Å². The second kappa shape index (κ2) is 9.26. The maximum absolute atomic E-state index is 11.6. The molecular weight excluding hydrogens is 434 g/mol. The number of piperidine rings is 1. The molecule has 34 heavy (non-hydrogen) atoms. The molecule has 176 valence electrons. The number of anilines is 2. The first-order valence-electron chi connectivity index (χ1n) is 11.5. The largest absolute Gasteiger partial charge is 0.508 e. The van der Waals surface area contributed by atoms with Crippen molar-refractivity contribution in [1.82, 2.24) is 15.0 Å². The molecule has 2 aliphatic heterocycles. The summed E-state index contributed by atoms with van der Waals surface area (Å²) in [6.45, 7) is 1.51. The number of aromatic nitrogens is 3. The van der Waals surface area contributed by atoms with E-state index < -0.39 is 11.9 Å². The lowest BCUT2D eigenvalue weighted by atomic mass is 9.93. The van der Waals surface area contributed by atoms with E-state index in [2.05, 4.69) is 11.1 Å². The zero-order chi connectivity index (χ0) is 23.7. The summed E-state index contributed by atoms with van der Waals surface area (Å²) in [4.78, 5) is 29.7. The number of phenolic OH excluding ortho intramolecular Hbond substituents is 1. The van der Waals surface area contributed by atoms with Crippen molar-refractivity contribution < 1.29 is 20.1 Å². The first kappa shape index (κ1) is 22.1. The summed E-state index contributed by atoms with van der Waals surface area (Å²) in [6, 6.07) is 14.5. The van der Waals surface area contributed by atoms with Gasteiger partial charge in [-0.3, -0.25) is 4.79 Å². The van der Waals surface area contributed by atoms with Gasteiger partial charge in [-0.1, -0.05) is 36.4 Å². The average Bonchev–Trinajstić information content (AvgIpc) is 2.87. The van der Waals surface area contributed by atoms with Crippen LogP contribution in [0.2, 0.25) is 0 Å². The number of carboxylic acid groups (broad SMARTS) is 1. The van der Waals surface area contributed by atoms with E-state index in [0.717, 1.165) is 18.4 Å². The molecule has 2 atom stereocenters. The number of carbonyl (C=O) groups is 1. The third-order valence-electron chi connectivity index (χ3n) is 6.61. The fraction of sp³-hybridized carbons (Fsp3) is 0.360. The highest BCUT2D eigenvalue weighted by molar-refractivity contribution is 5.71. The first-order chi connectivity index (χ1) is 16.5. The summed E-state index contributed by atoms with van der Waals surface area (Å²) < 4.78 is 0. The van der Waals surface area contributed by atoms with Gasteiger partial charge in [0.15, 0.2) is 5.82 Å². The Bertz CT molecular complexity index is 1200. The van der Waals surface area contributed by atoms with Crippen LogP contribution in [0.5, 0.6) is 5.75 Å². The molecule has 0 radical (unpaired) electrons. The normalized spacial score (nSPS) is 20.1. The summed E-state index contributed by atoms with van der Waals surface area (Å²) in [5.41, 5.74) is 2.87. The number of fused-ring (bicyclic) bond motifs is 1. The first-order valence-corrected chi connectivity index (χ1v) is 11.5. The molecule has 1 saturated heterocycles. The van der Waals surface area contributed by atoms with Crippen LogP contribution in [0.1, 0.15) is 30.0 Å². The molecule has 5 rings (SSSR count). The van der Waals surface area contributed by atoms with Crippen molar-refractivity contribution >= 4 is 17.9 Å². The molecule has 3 aromatic rings. The lowest BCUT2D eigenvalue weighted by Gasteiger charge is -2.37. The second-order valence-electron chi connectivity index (χ2n) is 8.77. The van der Waals surface area contributed by atoms with Crippen LogP contribution in [-0.2, 0) is 11.2 Å². The number of hydrogen-bond donors (Lipinski definition) is 3. The lowest BCUT2D eigenvalue weighted by molar-refractivity contribution is -0.141. The van der Waals surface area contributed by atoms with Crippen molar-refractivity contribution in [3.63, 3.8) is 0 Å². The molecule has 0 bridgehead atoms. The Morgan fingerprint density at radius 3 is 2.65 bits per heavy atom. The van der Waals surface area contributed by atoms with Gasteiger partial charge in [0.05, 0.1) is 18.6 Å². The molecule has 9 heteroatoms.